The largest absolute Gasteiger partial charge is 0.384 e. The van der Waals surface area contributed by atoms with Gasteiger partial charge in [-0.15, -0.1) is 0 Å². The number of anilines is 1. The van der Waals surface area contributed by atoms with Crippen LogP contribution < -0.4 is 10.6 Å². The zero-order valence-corrected chi connectivity index (χ0v) is 11.7. The quantitative estimate of drug-likeness (QED) is 0.648. The van der Waals surface area contributed by atoms with Crippen LogP contribution in [0.15, 0.2) is 42.5 Å². The number of nitrogen functional groups attached to an aromatic ring is 1. The molecule has 0 spiro atoms. The van der Waals surface area contributed by atoms with Crippen molar-refractivity contribution < 1.29 is 0 Å². The van der Waals surface area contributed by atoms with Crippen molar-refractivity contribution in [2.75, 3.05) is 11.4 Å². The minimum atomic E-state index is 0.141. The number of fused-ring (bicyclic) bond motifs is 1. The summed E-state index contributed by atoms with van der Waals surface area (Å²) in [5, 5.41) is 7.79. The standard InChI is InChI=1S/C17H19N3/c1-12-5-4-8-15(17(18)19)16(12)20-10-9-13-6-2-3-7-14(13)11-20/h2-8H,9-11H2,1H3,(H3,18,19). The van der Waals surface area contributed by atoms with Crippen molar-refractivity contribution in [3.05, 3.63) is 64.7 Å². The van der Waals surface area contributed by atoms with Crippen LogP contribution >= 0.6 is 0 Å². The van der Waals surface area contributed by atoms with Crippen molar-refractivity contribution in [3.63, 3.8) is 0 Å². The molecule has 0 bridgehead atoms. The van der Waals surface area contributed by atoms with E-state index in [0.29, 0.717) is 0 Å². The number of amidine groups is 1. The molecule has 20 heavy (non-hydrogen) atoms. The summed E-state index contributed by atoms with van der Waals surface area (Å²) < 4.78 is 0. The predicted octanol–water partition coefficient (Wildman–Crippen LogP) is 2.84. The van der Waals surface area contributed by atoms with Gasteiger partial charge in [-0.25, -0.2) is 0 Å². The zero-order chi connectivity index (χ0) is 14.1. The number of rotatable bonds is 2. The normalized spacial score (nSPS) is 13.9. The molecule has 0 aromatic heterocycles. The summed E-state index contributed by atoms with van der Waals surface area (Å²) >= 11 is 0. The third-order valence-electron chi connectivity index (χ3n) is 3.97. The predicted molar refractivity (Wildman–Crippen MR) is 83.4 cm³/mol. The van der Waals surface area contributed by atoms with Crippen molar-refractivity contribution in [2.24, 2.45) is 5.73 Å². The number of aryl methyl sites for hydroxylation is 1. The lowest BCUT2D eigenvalue weighted by Gasteiger charge is -2.33. The lowest BCUT2D eigenvalue weighted by Crippen LogP contribution is -2.32. The SMILES string of the molecule is Cc1cccc(C(=N)N)c1N1CCc2ccccc2C1. The summed E-state index contributed by atoms with van der Waals surface area (Å²) in [7, 11) is 0. The third kappa shape index (κ3) is 2.16. The van der Waals surface area contributed by atoms with Crippen molar-refractivity contribution >= 4 is 11.5 Å². The number of hydrogen-bond acceptors (Lipinski definition) is 2. The number of hydrogen-bond donors (Lipinski definition) is 2. The topological polar surface area (TPSA) is 53.1 Å². The van der Waals surface area contributed by atoms with E-state index in [2.05, 4.69) is 42.2 Å². The van der Waals surface area contributed by atoms with Gasteiger partial charge in [0, 0.05) is 18.7 Å². The fourth-order valence-corrected chi connectivity index (χ4v) is 2.98. The molecule has 2 aromatic carbocycles. The molecular formula is C17H19N3. The van der Waals surface area contributed by atoms with Gasteiger partial charge in [-0.2, -0.15) is 0 Å². The van der Waals surface area contributed by atoms with Crippen LogP contribution in [0.2, 0.25) is 0 Å². The van der Waals surface area contributed by atoms with E-state index >= 15 is 0 Å². The Hall–Kier alpha value is -2.29. The Morgan fingerprint density at radius 1 is 1.10 bits per heavy atom. The van der Waals surface area contributed by atoms with Crippen LogP contribution in [0.25, 0.3) is 0 Å². The van der Waals surface area contributed by atoms with Gasteiger partial charge in [0.15, 0.2) is 0 Å². The summed E-state index contributed by atoms with van der Waals surface area (Å²) in [6, 6.07) is 14.6. The molecule has 0 aliphatic carbocycles. The van der Waals surface area contributed by atoms with E-state index in [4.69, 9.17) is 11.1 Å². The van der Waals surface area contributed by atoms with Gasteiger partial charge >= 0.3 is 0 Å². The fraction of sp³-hybridized carbons (Fsp3) is 0.235. The van der Waals surface area contributed by atoms with Crippen LogP contribution in [0.5, 0.6) is 0 Å². The van der Waals surface area contributed by atoms with Gasteiger partial charge < -0.3 is 10.6 Å². The number of para-hydroxylation sites is 1. The van der Waals surface area contributed by atoms with E-state index < -0.39 is 0 Å². The van der Waals surface area contributed by atoms with Gasteiger partial charge in [-0.1, -0.05) is 36.4 Å². The molecule has 0 saturated heterocycles. The maximum absolute atomic E-state index is 7.79. The van der Waals surface area contributed by atoms with E-state index in [1.54, 1.807) is 0 Å². The van der Waals surface area contributed by atoms with Gasteiger partial charge in [0.1, 0.15) is 5.84 Å². The second-order valence-corrected chi connectivity index (χ2v) is 5.33. The van der Waals surface area contributed by atoms with E-state index in [1.807, 2.05) is 12.1 Å². The van der Waals surface area contributed by atoms with Crippen LogP contribution in [0, 0.1) is 12.3 Å². The zero-order valence-electron chi connectivity index (χ0n) is 11.7. The molecule has 3 rings (SSSR count). The second-order valence-electron chi connectivity index (χ2n) is 5.33. The first kappa shape index (κ1) is 12.7. The maximum atomic E-state index is 7.79. The molecule has 3 nitrogen and oxygen atoms in total. The number of nitrogens with zero attached hydrogens (tertiary/aromatic N) is 1. The Morgan fingerprint density at radius 3 is 2.60 bits per heavy atom. The number of nitrogens with two attached hydrogens (primary N) is 1. The first-order chi connectivity index (χ1) is 9.66. The van der Waals surface area contributed by atoms with Gasteiger partial charge in [0.25, 0.3) is 0 Å². The molecule has 1 heterocycles. The maximum Gasteiger partial charge on any atom is 0.124 e. The first-order valence-corrected chi connectivity index (χ1v) is 6.92. The molecular weight excluding hydrogens is 246 g/mol. The van der Waals surface area contributed by atoms with E-state index in [-0.39, 0.29) is 5.84 Å². The minimum Gasteiger partial charge on any atom is -0.384 e. The molecule has 1 aliphatic heterocycles. The second kappa shape index (κ2) is 5.00. The van der Waals surface area contributed by atoms with E-state index in [0.717, 1.165) is 30.8 Å². The van der Waals surface area contributed by atoms with E-state index in [1.165, 1.54) is 16.7 Å². The third-order valence-corrected chi connectivity index (χ3v) is 3.97. The smallest absolute Gasteiger partial charge is 0.124 e. The van der Waals surface area contributed by atoms with Crippen molar-refractivity contribution in [1.82, 2.24) is 0 Å². The summed E-state index contributed by atoms with van der Waals surface area (Å²) in [6.45, 7) is 3.95. The fourth-order valence-electron chi connectivity index (χ4n) is 2.98. The first-order valence-electron chi connectivity index (χ1n) is 6.92. The molecule has 0 amide bonds. The van der Waals surface area contributed by atoms with Crippen molar-refractivity contribution in [2.45, 2.75) is 19.9 Å². The Bertz CT molecular complexity index is 661. The Kier molecular flexibility index (Phi) is 3.18. The molecule has 0 radical (unpaired) electrons. The van der Waals surface area contributed by atoms with Crippen LogP contribution in [-0.4, -0.2) is 12.4 Å². The minimum absolute atomic E-state index is 0.141. The van der Waals surface area contributed by atoms with Gasteiger partial charge in [0.05, 0.1) is 5.69 Å². The average molecular weight is 265 g/mol. The lowest BCUT2D eigenvalue weighted by molar-refractivity contribution is 0.729. The van der Waals surface area contributed by atoms with Crippen LogP contribution in [0.1, 0.15) is 22.3 Å². The molecule has 0 unspecified atom stereocenters. The Morgan fingerprint density at radius 2 is 1.85 bits per heavy atom. The monoisotopic (exact) mass is 265 g/mol. The number of benzene rings is 2. The molecule has 0 saturated carbocycles. The van der Waals surface area contributed by atoms with Crippen molar-refractivity contribution in [3.8, 4) is 0 Å². The summed E-state index contributed by atoms with van der Waals surface area (Å²) in [5.74, 6) is 0.141. The van der Waals surface area contributed by atoms with Gasteiger partial charge in [-0.05, 0) is 36.1 Å². The molecule has 2 aromatic rings. The molecule has 3 N–H and O–H groups in total. The highest BCUT2D eigenvalue weighted by molar-refractivity contribution is 6.01. The lowest BCUT2D eigenvalue weighted by atomic mass is 9.97. The van der Waals surface area contributed by atoms with E-state index in [9.17, 15) is 0 Å². The highest BCUT2D eigenvalue weighted by Crippen LogP contribution is 2.30. The molecule has 0 atom stereocenters. The Balaban J connectivity index is 2.02. The molecule has 102 valence electrons. The summed E-state index contributed by atoms with van der Waals surface area (Å²) in [5.41, 5.74) is 11.7. The van der Waals surface area contributed by atoms with Crippen LogP contribution in [0.3, 0.4) is 0 Å². The summed E-state index contributed by atoms with van der Waals surface area (Å²) in [6.07, 6.45) is 1.04. The average Bonchev–Trinajstić information content (AvgIpc) is 2.46. The summed E-state index contributed by atoms with van der Waals surface area (Å²) in [4.78, 5) is 2.34. The highest BCUT2D eigenvalue weighted by atomic mass is 15.1. The molecule has 0 fully saturated rings. The van der Waals surface area contributed by atoms with Gasteiger partial charge in [0.2, 0.25) is 0 Å². The molecule has 3 heteroatoms. The Labute approximate surface area is 119 Å². The number of nitrogens with one attached hydrogen (secondary N) is 1. The highest BCUT2D eigenvalue weighted by Gasteiger charge is 2.20. The van der Waals surface area contributed by atoms with Gasteiger partial charge in [-0.3, -0.25) is 5.41 Å². The van der Waals surface area contributed by atoms with Crippen LogP contribution in [-0.2, 0) is 13.0 Å². The molecule has 1 aliphatic rings. The van der Waals surface area contributed by atoms with Crippen LogP contribution in [0.4, 0.5) is 5.69 Å². The van der Waals surface area contributed by atoms with Crippen molar-refractivity contribution in [1.29, 1.82) is 5.41 Å².